The molecule has 4 aliphatic rings. The molecule has 102 valence electrons. The SMILES string of the molecule is Nc1cc(COC2C3CC4CC(C3)CC2C4)ccn1. The zero-order chi connectivity index (χ0) is 12.8. The van der Waals surface area contributed by atoms with Crippen molar-refractivity contribution in [2.24, 2.45) is 23.7 Å². The maximum Gasteiger partial charge on any atom is 0.123 e. The van der Waals surface area contributed by atoms with Gasteiger partial charge >= 0.3 is 0 Å². The second kappa shape index (κ2) is 4.48. The summed E-state index contributed by atoms with van der Waals surface area (Å²) in [4.78, 5) is 4.03. The molecular formula is C16H22N2O. The first-order chi connectivity index (χ1) is 9.28. The Balaban J connectivity index is 1.43. The van der Waals surface area contributed by atoms with Crippen LogP contribution >= 0.6 is 0 Å². The van der Waals surface area contributed by atoms with Crippen LogP contribution in [0.1, 0.15) is 37.7 Å². The molecule has 0 amide bonds. The van der Waals surface area contributed by atoms with E-state index in [0.29, 0.717) is 18.5 Å². The van der Waals surface area contributed by atoms with Crippen LogP contribution < -0.4 is 5.73 Å². The molecule has 0 aliphatic heterocycles. The fourth-order valence-electron chi connectivity index (χ4n) is 4.92. The lowest BCUT2D eigenvalue weighted by atomic mass is 9.55. The van der Waals surface area contributed by atoms with Gasteiger partial charge in [-0.2, -0.15) is 0 Å². The number of pyridine rings is 1. The van der Waals surface area contributed by atoms with Crippen LogP contribution in [0.15, 0.2) is 18.3 Å². The van der Waals surface area contributed by atoms with Crippen LogP contribution in [0.2, 0.25) is 0 Å². The Hall–Kier alpha value is -1.09. The first kappa shape index (κ1) is 11.7. The Bertz CT molecular complexity index is 446. The van der Waals surface area contributed by atoms with Crippen LogP contribution in [0, 0.1) is 23.7 Å². The van der Waals surface area contributed by atoms with Crippen LogP contribution in [0.25, 0.3) is 0 Å². The van der Waals surface area contributed by atoms with E-state index in [2.05, 4.69) is 4.98 Å². The maximum atomic E-state index is 6.28. The third-order valence-electron chi connectivity index (χ3n) is 5.43. The van der Waals surface area contributed by atoms with Crippen molar-refractivity contribution >= 4 is 5.82 Å². The summed E-state index contributed by atoms with van der Waals surface area (Å²) in [6, 6.07) is 3.93. The highest BCUT2D eigenvalue weighted by molar-refractivity contribution is 5.31. The van der Waals surface area contributed by atoms with Crippen molar-refractivity contribution in [2.75, 3.05) is 5.73 Å². The molecule has 4 bridgehead atoms. The van der Waals surface area contributed by atoms with Crippen molar-refractivity contribution in [1.82, 2.24) is 4.98 Å². The number of ether oxygens (including phenoxy) is 1. The molecule has 3 heteroatoms. The van der Waals surface area contributed by atoms with E-state index in [-0.39, 0.29) is 0 Å². The second-order valence-corrected chi connectivity index (χ2v) is 6.80. The Labute approximate surface area is 114 Å². The van der Waals surface area contributed by atoms with Gasteiger partial charge in [-0.1, -0.05) is 0 Å². The van der Waals surface area contributed by atoms with E-state index in [4.69, 9.17) is 10.5 Å². The molecule has 3 nitrogen and oxygen atoms in total. The van der Waals surface area contributed by atoms with E-state index < -0.39 is 0 Å². The summed E-state index contributed by atoms with van der Waals surface area (Å²) in [6.45, 7) is 0.694. The molecule has 0 atom stereocenters. The molecule has 0 radical (unpaired) electrons. The number of aromatic nitrogens is 1. The highest BCUT2D eigenvalue weighted by atomic mass is 16.5. The smallest absolute Gasteiger partial charge is 0.123 e. The quantitative estimate of drug-likeness (QED) is 0.906. The van der Waals surface area contributed by atoms with Crippen molar-refractivity contribution in [1.29, 1.82) is 0 Å². The van der Waals surface area contributed by atoms with Gasteiger partial charge in [-0.25, -0.2) is 4.98 Å². The van der Waals surface area contributed by atoms with Crippen molar-refractivity contribution in [3.05, 3.63) is 23.9 Å². The predicted molar refractivity (Wildman–Crippen MR) is 74.3 cm³/mol. The zero-order valence-corrected chi connectivity index (χ0v) is 11.3. The lowest BCUT2D eigenvalue weighted by Crippen LogP contribution is -2.49. The molecule has 19 heavy (non-hydrogen) atoms. The normalized spacial score (nSPS) is 39.7. The van der Waals surface area contributed by atoms with Crippen LogP contribution in [0.5, 0.6) is 0 Å². The molecule has 0 spiro atoms. The molecule has 4 fully saturated rings. The van der Waals surface area contributed by atoms with Gasteiger partial charge in [0.15, 0.2) is 0 Å². The standard InChI is InChI=1S/C16H22N2O/c17-15-8-10(1-2-18-15)9-19-16-13-4-11-3-12(6-13)7-14(16)5-11/h1-2,8,11-14,16H,3-7,9H2,(H2,17,18). The number of nitrogen functional groups attached to an aromatic ring is 1. The summed E-state index contributed by atoms with van der Waals surface area (Å²) >= 11 is 0. The van der Waals surface area contributed by atoms with E-state index in [1.165, 1.54) is 32.1 Å². The number of nitrogens with two attached hydrogens (primary N) is 1. The third kappa shape index (κ3) is 2.14. The molecular weight excluding hydrogens is 236 g/mol. The van der Waals surface area contributed by atoms with Gasteiger partial charge < -0.3 is 10.5 Å². The van der Waals surface area contributed by atoms with E-state index >= 15 is 0 Å². The summed E-state index contributed by atoms with van der Waals surface area (Å²) in [6.07, 6.45) is 9.42. The Morgan fingerprint density at radius 1 is 1.11 bits per heavy atom. The predicted octanol–water partition coefficient (Wildman–Crippen LogP) is 3.01. The molecule has 1 heterocycles. The van der Waals surface area contributed by atoms with Gasteiger partial charge in [0.25, 0.3) is 0 Å². The van der Waals surface area contributed by atoms with Crippen LogP contribution in [0.4, 0.5) is 5.82 Å². The largest absolute Gasteiger partial charge is 0.384 e. The van der Waals surface area contributed by atoms with Crippen molar-refractivity contribution < 1.29 is 4.74 Å². The first-order valence-corrected chi connectivity index (χ1v) is 7.60. The molecule has 5 rings (SSSR count). The summed E-state index contributed by atoms with van der Waals surface area (Å²) in [5, 5.41) is 0. The van der Waals surface area contributed by atoms with Gasteiger partial charge in [0.05, 0.1) is 12.7 Å². The first-order valence-electron chi connectivity index (χ1n) is 7.60. The number of hydrogen-bond donors (Lipinski definition) is 1. The molecule has 4 saturated carbocycles. The van der Waals surface area contributed by atoms with Gasteiger partial charge in [-0.3, -0.25) is 0 Å². The van der Waals surface area contributed by atoms with Gasteiger partial charge in [0, 0.05) is 6.20 Å². The van der Waals surface area contributed by atoms with E-state index in [0.717, 1.165) is 29.2 Å². The van der Waals surface area contributed by atoms with Crippen LogP contribution in [-0.2, 0) is 11.3 Å². The van der Waals surface area contributed by atoms with Gasteiger partial charge in [-0.15, -0.1) is 0 Å². The van der Waals surface area contributed by atoms with Crippen LogP contribution in [-0.4, -0.2) is 11.1 Å². The van der Waals surface area contributed by atoms with E-state index in [9.17, 15) is 0 Å². The number of nitrogens with zero attached hydrogens (tertiary/aromatic N) is 1. The lowest BCUT2D eigenvalue weighted by Gasteiger charge is -2.54. The summed E-state index contributed by atoms with van der Waals surface area (Å²) in [5.41, 5.74) is 6.87. The molecule has 0 unspecified atom stereocenters. The molecule has 1 aromatic heterocycles. The summed E-state index contributed by atoms with van der Waals surface area (Å²) in [7, 11) is 0. The van der Waals surface area contributed by atoms with Gasteiger partial charge in [0.1, 0.15) is 5.82 Å². The zero-order valence-electron chi connectivity index (χ0n) is 11.3. The fourth-order valence-corrected chi connectivity index (χ4v) is 4.92. The summed E-state index contributed by atoms with van der Waals surface area (Å²) < 4.78 is 6.28. The molecule has 0 saturated heterocycles. The molecule has 2 N–H and O–H groups in total. The Morgan fingerprint density at radius 3 is 2.42 bits per heavy atom. The highest BCUT2D eigenvalue weighted by Gasteiger charge is 2.48. The Morgan fingerprint density at radius 2 is 1.79 bits per heavy atom. The molecule has 0 aromatic carbocycles. The monoisotopic (exact) mass is 258 g/mol. The van der Waals surface area contributed by atoms with Crippen molar-refractivity contribution in [2.45, 2.75) is 44.8 Å². The van der Waals surface area contributed by atoms with Crippen molar-refractivity contribution in [3.63, 3.8) is 0 Å². The van der Waals surface area contributed by atoms with E-state index in [1.54, 1.807) is 6.20 Å². The average Bonchev–Trinajstić information content (AvgIpc) is 2.37. The fraction of sp³-hybridized carbons (Fsp3) is 0.688. The minimum Gasteiger partial charge on any atom is -0.384 e. The number of anilines is 1. The van der Waals surface area contributed by atoms with Gasteiger partial charge in [0.2, 0.25) is 0 Å². The number of rotatable bonds is 3. The van der Waals surface area contributed by atoms with E-state index in [1.807, 2.05) is 12.1 Å². The third-order valence-corrected chi connectivity index (χ3v) is 5.43. The molecule has 1 aromatic rings. The van der Waals surface area contributed by atoms with Crippen LogP contribution in [0.3, 0.4) is 0 Å². The maximum absolute atomic E-state index is 6.28. The topological polar surface area (TPSA) is 48.1 Å². The van der Waals surface area contributed by atoms with Crippen molar-refractivity contribution in [3.8, 4) is 0 Å². The minimum absolute atomic E-state index is 0.502. The lowest BCUT2D eigenvalue weighted by molar-refractivity contribution is -0.132. The number of hydrogen-bond acceptors (Lipinski definition) is 3. The summed E-state index contributed by atoms with van der Waals surface area (Å²) in [5.74, 6) is 4.27. The Kier molecular flexibility index (Phi) is 2.76. The molecule has 4 aliphatic carbocycles. The highest BCUT2D eigenvalue weighted by Crippen LogP contribution is 2.54. The average molecular weight is 258 g/mol. The minimum atomic E-state index is 0.502. The van der Waals surface area contributed by atoms with Gasteiger partial charge in [-0.05, 0) is 73.5 Å². The second-order valence-electron chi connectivity index (χ2n) is 6.80.